The summed E-state index contributed by atoms with van der Waals surface area (Å²) in [4.78, 5) is 30.8. The summed E-state index contributed by atoms with van der Waals surface area (Å²) in [7, 11) is -4.46. The molecule has 4 aromatic carbocycles. The first-order chi connectivity index (χ1) is 24.7. The van der Waals surface area contributed by atoms with E-state index in [1.54, 1.807) is 29.2 Å². The Morgan fingerprint density at radius 1 is 0.923 bits per heavy atom. The van der Waals surface area contributed by atoms with Crippen LogP contribution in [-0.2, 0) is 29.2 Å². The van der Waals surface area contributed by atoms with Gasteiger partial charge in [0.25, 0.3) is 21.8 Å². The van der Waals surface area contributed by atoms with Gasteiger partial charge < -0.3 is 9.80 Å². The minimum Gasteiger partial charge on any atom is -0.354 e. The quantitative estimate of drug-likeness (QED) is 0.153. The molecule has 272 valence electrons. The van der Waals surface area contributed by atoms with Crippen molar-refractivity contribution in [1.82, 2.24) is 19.4 Å². The molecule has 0 saturated carbocycles. The van der Waals surface area contributed by atoms with E-state index in [2.05, 4.69) is 5.10 Å². The lowest BCUT2D eigenvalue weighted by Crippen LogP contribution is -2.37. The maximum atomic E-state index is 14.8. The molecule has 2 heterocycles. The fourth-order valence-corrected chi connectivity index (χ4v) is 7.95. The van der Waals surface area contributed by atoms with Gasteiger partial charge in [-0.15, -0.1) is 5.10 Å². The molecule has 15 heteroatoms. The lowest BCUT2D eigenvalue weighted by atomic mass is 9.98. The van der Waals surface area contributed by atoms with Crippen LogP contribution < -0.4 is 9.62 Å². The molecule has 0 fully saturated rings. The molecule has 2 amide bonds. The van der Waals surface area contributed by atoms with Crippen molar-refractivity contribution < 1.29 is 31.2 Å². The van der Waals surface area contributed by atoms with Gasteiger partial charge in [-0.3, -0.25) is 9.59 Å². The van der Waals surface area contributed by atoms with Crippen LogP contribution in [0.15, 0.2) is 83.8 Å². The fourth-order valence-electron chi connectivity index (χ4n) is 6.37. The first-order valence-corrected chi connectivity index (χ1v) is 18.8. The van der Waals surface area contributed by atoms with Crippen molar-refractivity contribution in [3.63, 3.8) is 0 Å². The number of amides is 2. The van der Waals surface area contributed by atoms with Crippen LogP contribution in [0.2, 0.25) is 10.0 Å². The Morgan fingerprint density at radius 3 is 2.33 bits per heavy atom. The number of aromatic nitrogens is 2. The number of sulfonamides is 1. The summed E-state index contributed by atoms with van der Waals surface area (Å²) in [5, 5.41) is 5.15. The molecule has 5 aromatic rings. The standard InChI is InChI=1S/C37H34Cl2F3N5O4S/c1-3-17-45(18-4-2)34-32(39)33(37(40,41)42)47(43-34)31-15-13-25(20-29(31)36(49)46-19-16-23-8-5-6-9-26(23)22-46)35(48)44-52(50,51)27-14-12-24-10-7-11-30(38)28(24)21-27/h5-15,20-21H,3-4,16-19,22H2,1-2H3,(H,44,48). The van der Waals surface area contributed by atoms with Crippen LogP contribution in [-0.4, -0.2) is 54.5 Å². The normalized spacial score (nSPS) is 13.2. The zero-order valence-corrected chi connectivity index (χ0v) is 30.5. The highest BCUT2D eigenvalue weighted by Gasteiger charge is 2.42. The van der Waals surface area contributed by atoms with Crippen LogP contribution in [0, 0.1) is 0 Å². The molecule has 6 rings (SSSR count). The van der Waals surface area contributed by atoms with E-state index in [0.29, 0.717) is 52.8 Å². The van der Waals surface area contributed by atoms with Gasteiger partial charge in [0.05, 0.1) is 16.1 Å². The van der Waals surface area contributed by atoms with Gasteiger partial charge in [-0.2, -0.15) is 13.2 Å². The summed E-state index contributed by atoms with van der Waals surface area (Å²) in [6, 6.07) is 20.2. The van der Waals surface area contributed by atoms with Crippen molar-refractivity contribution in [2.75, 3.05) is 24.5 Å². The molecule has 0 saturated heterocycles. The maximum Gasteiger partial charge on any atom is 0.435 e. The Balaban J connectivity index is 1.45. The number of hydrogen-bond acceptors (Lipinski definition) is 6. The molecule has 1 aliphatic heterocycles. The topological polar surface area (TPSA) is 105 Å². The molecule has 0 unspecified atom stereocenters. The number of carbonyl (C=O) groups is 2. The number of fused-ring (bicyclic) bond motifs is 2. The van der Waals surface area contributed by atoms with E-state index in [1.807, 2.05) is 42.8 Å². The maximum absolute atomic E-state index is 14.8. The van der Waals surface area contributed by atoms with E-state index < -0.39 is 38.7 Å². The zero-order valence-electron chi connectivity index (χ0n) is 28.2. The lowest BCUT2D eigenvalue weighted by molar-refractivity contribution is -0.142. The molecule has 0 spiro atoms. The molecule has 52 heavy (non-hydrogen) atoms. The number of hydrogen-bond donors (Lipinski definition) is 1. The molecule has 0 atom stereocenters. The summed E-state index contributed by atoms with van der Waals surface area (Å²) in [5.41, 5.74) is -0.229. The Bertz CT molecular complexity index is 2290. The molecular formula is C37H34Cl2F3N5O4S. The average Bonchev–Trinajstić information content (AvgIpc) is 3.47. The third kappa shape index (κ3) is 7.35. The molecule has 1 aliphatic rings. The molecule has 1 N–H and O–H groups in total. The van der Waals surface area contributed by atoms with Gasteiger partial charge in [-0.1, -0.05) is 79.5 Å². The van der Waals surface area contributed by atoms with Crippen LogP contribution in [0.4, 0.5) is 19.0 Å². The summed E-state index contributed by atoms with van der Waals surface area (Å²) in [6.45, 7) is 4.95. The van der Waals surface area contributed by atoms with Crippen molar-refractivity contribution in [2.45, 2.75) is 50.7 Å². The van der Waals surface area contributed by atoms with Crippen molar-refractivity contribution in [3.8, 4) is 5.69 Å². The van der Waals surface area contributed by atoms with E-state index in [9.17, 15) is 31.2 Å². The van der Waals surface area contributed by atoms with Crippen LogP contribution >= 0.6 is 23.2 Å². The molecular weight excluding hydrogens is 738 g/mol. The van der Waals surface area contributed by atoms with Crippen molar-refractivity contribution >= 4 is 61.6 Å². The summed E-state index contributed by atoms with van der Waals surface area (Å²) in [5.74, 6) is -1.87. The summed E-state index contributed by atoms with van der Waals surface area (Å²) in [6.07, 6.45) is -3.25. The van der Waals surface area contributed by atoms with Gasteiger partial charge in [-0.05, 0) is 72.2 Å². The molecule has 0 bridgehead atoms. The third-order valence-corrected chi connectivity index (χ3v) is 10.8. The van der Waals surface area contributed by atoms with E-state index >= 15 is 0 Å². The van der Waals surface area contributed by atoms with E-state index in [-0.39, 0.29) is 40.6 Å². The third-order valence-electron chi connectivity index (χ3n) is 8.84. The van der Waals surface area contributed by atoms with Crippen LogP contribution in [0.3, 0.4) is 0 Å². The van der Waals surface area contributed by atoms with E-state index in [4.69, 9.17) is 23.2 Å². The first-order valence-electron chi connectivity index (χ1n) is 16.6. The Kier molecular flexibility index (Phi) is 10.6. The Morgan fingerprint density at radius 2 is 1.63 bits per heavy atom. The average molecular weight is 773 g/mol. The zero-order chi connectivity index (χ0) is 37.4. The van der Waals surface area contributed by atoms with Gasteiger partial charge in [0, 0.05) is 42.2 Å². The van der Waals surface area contributed by atoms with E-state index in [1.165, 1.54) is 17.0 Å². The second-order valence-electron chi connectivity index (χ2n) is 12.4. The number of nitrogens with zero attached hydrogens (tertiary/aromatic N) is 4. The van der Waals surface area contributed by atoms with Gasteiger partial charge in [0.15, 0.2) is 11.5 Å². The number of halogens is 5. The lowest BCUT2D eigenvalue weighted by Gasteiger charge is -2.29. The Labute approximate surface area is 309 Å². The second-order valence-corrected chi connectivity index (χ2v) is 14.9. The van der Waals surface area contributed by atoms with E-state index in [0.717, 1.165) is 29.3 Å². The number of anilines is 1. The molecule has 1 aromatic heterocycles. The predicted molar refractivity (Wildman–Crippen MR) is 195 cm³/mol. The first kappa shape index (κ1) is 37.2. The number of carbonyl (C=O) groups excluding carboxylic acids is 2. The number of rotatable bonds is 10. The van der Waals surface area contributed by atoms with Crippen molar-refractivity contribution in [1.29, 1.82) is 0 Å². The molecule has 0 aliphatic carbocycles. The minimum absolute atomic E-state index is 0.0913. The van der Waals surface area contributed by atoms with Crippen LogP contribution in [0.5, 0.6) is 0 Å². The fraction of sp³-hybridized carbons (Fsp3) is 0.270. The van der Waals surface area contributed by atoms with Crippen molar-refractivity contribution in [3.05, 3.63) is 117 Å². The Hall–Kier alpha value is -4.59. The highest BCUT2D eigenvalue weighted by molar-refractivity contribution is 7.90. The molecule has 0 radical (unpaired) electrons. The van der Waals surface area contributed by atoms with Gasteiger partial charge >= 0.3 is 6.18 Å². The van der Waals surface area contributed by atoms with Gasteiger partial charge in [0.1, 0.15) is 5.02 Å². The number of benzene rings is 4. The smallest absolute Gasteiger partial charge is 0.354 e. The van der Waals surface area contributed by atoms with Gasteiger partial charge in [0.2, 0.25) is 0 Å². The SMILES string of the molecule is CCCN(CCC)c1nn(-c2ccc(C(=O)NS(=O)(=O)c3ccc4cccc(Cl)c4c3)cc2C(=O)N2CCc3ccccc3C2)c(C(F)(F)F)c1Cl. The van der Waals surface area contributed by atoms with Crippen LogP contribution in [0.25, 0.3) is 16.5 Å². The highest BCUT2D eigenvalue weighted by Crippen LogP contribution is 2.42. The summed E-state index contributed by atoms with van der Waals surface area (Å²) < 4.78 is 73.7. The van der Waals surface area contributed by atoms with Crippen molar-refractivity contribution in [2.24, 2.45) is 0 Å². The monoisotopic (exact) mass is 771 g/mol. The van der Waals surface area contributed by atoms with Crippen LogP contribution in [0.1, 0.15) is 64.2 Å². The number of nitrogens with one attached hydrogen (secondary N) is 1. The molecule has 9 nitrogen and oxygen atoms in total. The highest BCUT2D eigenvalue weighted by atomic mass is 35.5. The largest absolute Gasteiger partial charge is 0.435 e. The predicted octanol–water partition coefficient (Wildman–Crippen LogP) is 8.29. The number of alkyl halides is 3. The second kappa shape index (κ2) is 14.8. The van der Waals surface area contributed by atoms with Gasteiger partial charge in [-0.25, -0.2) is 17.8 Å². The minimum atomic E-state index is -4.98. The summed E-state index contributed by atoms with van der Waals surface area (Å²) >= 11 is 12.7.